The van der Waals surface area contributed by atoms with Gasteiger partial charge in [0.2, 0.25) is 5.88 Å². The van der Waals surface area contributed by atoms with Crippen LogP contribution in [0.2, 0.25) is 0 Å². The number of aliphatic hydroxyl groups excluding tert-OH is 1. The molecule has 1 heterocycles. The molecule has 0 fully saturated rings. The molecule has 4 heteroatoms. The number of aromatic nitrogens is 2. The topological polar surface area (TPSA) is 55.2 Å². The fraction of sp³-hybridized carbons (Fsp3) is 0.636. The summed E-state index contributed by atoms with van der Waals surface area (Å²) in [5.41, 5.74) is 0.956. The fourth-order valence-electron chi connectivity index (χ4n) is 0.979. The van der Waals surface area contributed by atoms with Crippen molar-refractivity contribution in [1.29, 1.82) is 0 Å². The molecule has 1 rings (SSSR count). The Labute approximate surface area is 90.3 Å². The Bertz CT molecular complexity index is 285. The maximum absolute atomic E-state index is 8.81. The van der Waals surface area contributed by atoms with E-state index in [0.29, 0.717) is 18.4 Å². The summed E-state index contributed by atoms with van der Waals surface area (Å²) in [5.74, 6) is 1.01. The highest BCUT2D eigenvalue weighted by Gasteiger charge is 2.04. The van der Waals surface area contributed by atoms with Crippen LogP contribution in [0.15, 0.2) is 12.4 Å². The molecule has 0 aliphatic rings. The minimum atomic E-state index is 0.122. The van der Waals surface area contributed by atoms with Crippen molar-refractivity contribution in [2.75, 3.05) is 13.2 Å². The third-order valence-corrected chi connectivity index (χ3v) is 2.07. The van der Waals surface area contributed by atoms with Gasteiger partial charge >= 0.3 is 0 Å². The van der Waals surface area contributed by atoms with Crippen LogP contribution in [0.25, 0.3) is 0 Å². The van der Waals surface area contributed by atoms with Crippen LogP contribution in [0.5, 0.6) is 5.88 Å². The van der Waals surface area contributed by atoms with Gasteiger partial charge in [0.1, 0.15) is 0 Å². The zero-order valence-electron chi connectivity index (χ0n) is 9.47. The smallest absolute Gasteiger partial charge is 0.232 e. The summed E-state index contributed by atoms with van der Waals surface area (Å²) in [6.45, 7) is 6.64. The fourth-order valence-corrected chi connectivity index (χ4v) is 0.979. The molecule has 0 bridgehead atoms. The van der Waals surface area contributed by atoms with E-state index >= 15 is 0 Å². The van der Waals surface area contributed by atoms with Gasteiger partial charge in [-0.2, -0.15) is 0 Å². The van der Waals surface area contributed by atoms with Crippen molar-refractivity contribution in [3.05, 3.63) is 18.1 Å². The molecule has 1 N–H and O–H groups in total. The largest absolute Gasteiger partial charge is 0.476 e. The molecule has 0 radical (unpaired) electrons. The zero-order chi connectivity index (χ0) is 11.3. The molecule has 1 atom stereocenters. The van der Waals surface area contributed by atoms with Gasteiger partial charge in [0, 0.05) is 12.5 Å². The van der Waals surface area contributed by atoms with Crippen LogP contribution in [-0.4, -0.2) is 28.3 Å². The Morgan fingerprint density at radius 1 is 1.27 bits per heavy atom. The Balaban J connectivity index is 2.50. The summed E-state index contributed by atoms with van der Waals surface area (Å²) in [4.78, 5) is 8.37. The molecule has 0 aliphatic heterocycles. The predicted molar refractivity (Wildman–Crippen MR) is 57.9 cm³/mol. The van der Waals surface area contributed by atoms with Crippen molar-refractivity contribution in [1.82, 2.24) is 9.97 Å². The van der Waals surface area contributed by atoms with Crippen LogP contribution in [0.4, 0.5) is 0 Å². The van der Waals surface area contributed by atoms with Crippen molar-refractivity contribution >= 4 is 0 Å². The van der Waals surface area contributed by atoms with E-state index in [0.717, 1.165) is 5.69 Å². The monoisotopic (exact) mass is 210 g/mol. The van der Waals surface area contributed by atoms with Gasteiger partial charge in [0.05, 0.1) is 24.7 Å². The number of rotatable bonds is 5. The first-order valence-electron chi connectivity index (χ1n) is 5.19. The predicted octanol–water partition coefficient (Wildman–Crippen LogP) is 1.61. The highest BCUT2D eigenvalue weighted by Crippen LogP contribution is 2.12. The van der Waals surface area contributed by atoms with Gasteiger partial charge in [-0.3, -0.25) is 4.98 Å². The van der Waals surface area contributed by atoms with Gasteiger partial charge in [-0.05, 0) is 5.92 Å². The number of aliphatic hydroxyl groups is 1. The van der Waals surface area contributed by atoms with E-state index in [1.165, 1.54) is 0 Å². The van der Waals surface area contributed by atoms with E-state index < -0.39 is 0 Å². The lowest BCUT2D eigenvalue weighted by Crippen LogP contribution is -2.13. The first kappa shape index (κ1) is 11.9. The van der Waals surface area contributed by atoms with E-state index in [4.69, 9.17) is 9.84 Å². The molecule has 15 heavy (non-hydrogen) atoms. The lowest BCUT2D eigenvalue weighted by Gasteiger charge is -2.10. The molecule has 0 amide bonds. The van der Waals surface area contributed by atoms with Gasteiger partial charge < -0.3 is 9.84 Å². The normalized spacial score (nSPS) is 12.9. The number of hydrogen-bond donors (Lipinski definition) is 1. The summed E-state index contributed by atoms with van der Waals surface area (Å²) < 4.78 is 5.36. The molecule has 1 aromatic rings. The maximum Gasteiger partial charge on any atom is 0.232 e. The summed E-state index contributed by atoms with van der Waals surface area (Å²) in [5, 5.41) is 8.81. The molecule has 0 aliphatic carbocycles. The SMILES string of the molecule is CC(CO)COc1cnc(C(C)C)cn1. The molecular weight excluding hydrogens is 192 g/mol. The lowest BCUT2D eigenvalue weighted by atomic mass is 10.1. The molecule has 0 aromatic carbocycles. The summed E-state index contributed by atoms with van der Waals surface area (Å²) >= 11 is 0. The van der Waals surface area contributed by atoms with Crippen molar-refractivity contribution in [3.63, 3.8) is 0 Å². The molecule has 1 unspecified atom stereocenters. The quantitative estimate of drug-likeness (QED) is 0.802. The molecular formula is C11H18N2O2. The summed E-state index contributed by atoms with van der Waals surface area (Å²) in [7, 11) is 0. The van der Waals surface area contributed by atoms with Gasteiger partial charge in [-0.15, -0.1) is 0 Å². The molecule has 84 valence electrons. The third kappa shape index (κ3) is 3.83. The average Bonchev–Trinajstić information content (AvgIpc) is 2.26. The minimum Gasteiger partial charge on any atom is -0.476 e. The van der Waals surface area contributed by atoms with Crippen molar-refractivity contribution in [3.8, 4) is 5.88 Å². The summed E-state index contributed by atoms with van der Waals surface area (Å²) in [6, 6.07) is 0. The van der Waals surface area contributed by atoms with Crippen LogP contribution in [0.1, 0.15) is 32.4 Å². The number of nitrogens with zero attached hydrogens (tertiary/aromatic N) is 2. The Morgan fingerprint density at radius 2 is 2.00 bits per heavy atom. The molecule has 4 nitrogen and oxygen atoms in total. The number of ether oxygens (including phenoxy) is 1. The highest BCUT2D eigenvalue weighted by atomic mass is 16.5. The van der Waals surface area contributed by atoms with E-state index in [9.17, 15) is 0 Å². The van der Waals surface area contributed by atoms with Gasteiger partial charge in [-0.1, -0.05) is 20.8 Å². The maximum atomic E-state index is 8.81. The second kappa shape index (κ2) is 5.66. The van der Waals surface area contributed by atoms with Crippen molar-refractivity contribution in [2.24, 2.45) is 5.92 Å². The first-order chi connectivity index (χ1) is 7.13. The second-order valence-corrected chi connectivity index (χ2v) is 4.03. The van der Waals surface area contributed by atoms with Crippen molar-refractivity contribution < 1.29 is 9.84 Å². The third-order valence-electron chi connectivity index (χ3n) is 2.07. The first-order valence-corrected chi connectivity index (χ1v) is 5.19. The van der Waals surface area contributed by atoms with Gasteiger partial charge in [0.25, 0.3) is 0 Å². The zero-order valence-corrected chi connectivity index (χ0v) is 9.47. The van der Waals surface area contributed by atoms with E-state index in [2.05, 4.69) is 23.8 Å². The van der Waals surface area contributed by atoms with Crippen LogP contribution in [0, 0.1) is 5.92 Å². The van der Waals surface area contributed by atoms with Crippen LogP contribution in [-0.2, 0) is 0 Å². The van der Waals surface area contributed by atoms with Gasteiger partial charge in [-0.25, -0.2) is 4.98 Å². The van der Waals surface area contributed by atoms with Gasteiger partial charge in [0.15, 0.2) is 0 Å². The number of hydrogen-bond acceptors (Lipinski definition) is 4. The lowest BCUT2D eigenvalue weighted by molar-refractivity contribution is 0.170. The standard InChI is InChI=1S/C11H18N2O2/c1-8(2)10-4-13-11(5-12-10)15-7-9(3)6-14/h4-5,8-9,14H,6-7H2,1-3H3. The Kier molecular flexibility index (Phi) is 4.49. The summed E-state index contributed by atoms with van der Waals surface area (Å²) in [6.07, 6.45) is 3.35. The van der Waals surface area contributed by atoms with E-state index in [1.807, 2.05) is 6.92 Å². The van der Waals surface area contributed by atoms with E-state index in [-0.39, 0.29) is 12.5 Å². The highest BCUT2D eigenvalue weighted by molar-refractivity contribution is 5.09. The molecule has 0 saturated heterocycles. The van der Waals surface area contributed by atoms with Crippen LogP contribution >= 0.6 is 0 Å². The molecule has 0 spiro atoms. The second-order valence-electron chi connectivity index (χ2n) is 4.03. The van der Waals surface area contributed by atoms with Crippen molar-refractivity contribution in [2.45, 2.75) is 26.7 Å². The average molecular weight is 210 g/mol. The Hall–Kier alpha value is -1.16. The minimum absolute atomic E-state index is 0.122. The van der Waals surface area contributed by atoms with E-state index in [1.54, 1.807) is 12.4 Å². The van der Waals surface area contributed by atoms with Crippen LogP contribution in [0.3, 0.4) is 0 Å². The van der Waals surface area contributed by atoms with Crippen LogP contribution < -0.4 is 4.74 Å². The molecule has 0 saturated carbocycles. The Morgan fingerprint density at radius 3 is 2.47 bits per heavy atom. The molecule has 1 aromatic heterocycles.